The van der Waals surface area contributed by atoms with E-state index in [2.05, 4.69) is 25.3 Å². The quantitative estimate of drug-likeness (QED) is 0.764. The molecule has 1 aliphatic rings. The lowest BCUT2D eigenvalue weighted by Gasteiger charge is -2.17. The summed E-state index contributed by atoms with van der Waals surface area (Å²) in [7, 11) is 0. The Bertz CT molecular complexity index is 831. The minimum absolute atomic E-state index is 0.0973. The number of imidazole rings is 1. The zero-order valence-corrected chi connectivity index (χ0v) is 12.4. The van der Waals surface area contributed by atoms with Crippen LogP contribution in [0.4, 0.5) is 5.82 Å². The van der Waals surface area contributed by atoms with Crippen molar-refractivity contribution < 1.29 is 4.79 Å². The van der Waals surface area contributed by atoms with Gasteiger partial charge in [-0.3, -0.25) is 4.79 Å². The molecule has 4 rings (SSSR count). The van der Waals surface area contributed by atoms with E-state index in [0.29, 0.717) is 18.0 Å². The lowest BCUT2D eigenvalue weighted by atomic mass is 10.2. The standard InChI is InChI=1S/C16H16N6O/c23-16-12(6-7-22(16)8-11-4-2-1-3-5-11)21-15-13-14(18-9-17-13)19-10-20-15/h1-5,9-10,12H,6-8H2,(H2,17,18,19,20,21). The summed E-state index contributed by atoms with van der Waals surface area (Å²) >= 11 is 0. The lowest BCUT2D eigenvalue weighted by Crippen LogP contribution is -2.33. The fourth-order valence-electron chi connectivity index (χ4n) is 2.87. The van der Waals surface area contributed by atoms with Gasteiger partial charge in [0.2, 0.25) is 5.91 Å². The van der Waals surface area contributed by atoms with Crippen LogP contribution in [0, 0.1) is 0 Å². The van der Waals surface area contributed by atoms with Gasteiger partial charge in [0.15, 0.2) is 11.5 Å². The maximum absolute atomic E-state index is 12.6. The van der Waals surface area contributed by atoms with Gasteiger partial charge >= 0.3 is 0 Å². The number of fused-ring (bicyclic) bond motifs is 1. The van der Waals surface area contributed by atoms with Crippen molar-refractivity contribution in [3.8, 4) is 0 Å². The van der Waals surface area contributed by atoms with E-state index in [1.807, 2.05) is 35.2 Å². The molecule has 3 heterocycles. The van der Waals surface area contributed by atoms with Crippen LogP contribution in [-0.4, -0.2) is 43.3 Å². The molecule has 2 aromatic heterocycles. The monoisotopic (exact) mass is 308 g/mol. The Balaban J connectivity index is 1.49. The topological polar surface area (TPSA) is 86.8 Å². The predicted octanol–water partition coefficient (Wildman–Crippen LogP) is 1.57. The maximum atomic E-state index is 12.6. The van der Waals surface area contributed by atoms with Crippen molar-refractivity contribution in [3.63, 3.8) is 0 Å². The third-order valence-electron chi connectivity index (χ3n) is 4.05. The van der Waals surface area contributed by atoms with Gasteiger partial charge in [-0.25, -0.2) is 15.0 Å². The van der Waals surface area contributed by atoms with E-state index in [1.165, 1.54) is 6.33 Å². The number of carbonyl (C=O) groups is 1. The van der Waals surface area contributed by atoms with Crippen molar-refractivity contribution in [2.45, 2.75) is 19.0 Å². The van der Waals surface area contributed by atoms with E-state index in [9.17, 15) is 4.79 Å². The molecule has 116 valence electrons. The van der Waals surface area contributed by atoms with Crippen molar-refractivity contribution in [1.29, 1.82) is 0 Å². The number of benzene rings is 1. The molecular weight excluding hydrogens is 292 g/mol. The van der Waals surface area contributed by atoms with Crippen LogP contribution >= 0.6 is 0 Å². The second-order valence-corrected chi connectivity index (χ2v) is 5.55. The summed E-state index contributed by atoms with van der Waals surface area (Å²) in [5.41, 5.74) is 2.45. The Morgan fingerprint density at radius 2 is 2.09 bits per heavy atom. The van der Waals surface area contributed by atoms with Gasteiger partial charge in [-0.2, -0.15) is 0 Å². The van der Waals surface area contributed by atoms with E-state index >= 15 is 0 Å². The minimum atomic E-state index is -0.264. The molecule has 0 aliphatic carbocycles. The normalized spacial score (nSPS) is 17.8. The molecule has 0 spiro atoms. The van der Waals surface area contributed by atoms with Gasteiger partial charge in [0.25, 0.3) is 0 Å². The molecule has 7 nitrogen and oxygen atoms in total. The van der Waals surface area contributed by atoms with Crippen LogP contribution in [-0.2, 0) is 11.3 Å². The van der Waals surface area contributed by atoms with Gasteiger partial charge in [-0.1, -0.05) is 30.3 Å². The number of H-pyrrole nitrogens is 1. The number of carbonyl (C=O) groups excluding carboxylic acids is 1. The molecule has 1 atom stereocenters. The fraction of sp³-hybridized carbons (Fsp3) is 0.250. The Morgan fingerprint density at radius 1 is 1.22 bits per heavy atom. The van der Waals surface area contributed by atoms with Gasteiger partial charge < -0.3 is 15.2 Å². The highest BCUT2D eigenvalue weighted by Crippen LogP contribution is 2.21. The third-order valence-corrected chi connectivity index (χ3v) is 4.05. The molecule has 1 unspecified atom stereocenters. The average molecular weight is 308 g/mol. The smallest absolute Gasteiger partial charge is 0.245 e. The van der Waals surface area contributed by atoms with Crippen LogP contribution in [0.2, 0.25) is 0 Å². The first-order valence-electron chi connectivity index (χ1n) is 7.54. The molecule has 1 aromatic carbocycles. The second-order valence-electron chi connectivity index (χ2n) is 5.55. The third kappa shape index (κ3) is 2.61. The minimum Gasteiger partial charge on any atom is -0.356 e. The molecule has 0 radical (unpaired) electrons. The molecule has 0 saturated carbocycles. The van der Waals surface area contributed by atoms with Gasteiger partial charge in [0.1, 0.15) is 17.9 Å². The highest BCUT2D eigenvalue weighted by atomic mass is 16.2. The number of nitrogens with zero attached hydrogens (tertiary/aromatic N) is 4. The number of amides is 1. The molecule has 1 fully saturated rings. The summed E-state index contributed by atoms with van der Waals surface area (Å²) in [6.45, 7) is 1.38. The Kier molecular flexibility index (Phi) is 3.38. The molecule has 7 heteroatoms. The van der Waals surface area contributed by atoms with Crippen LogP contribution in [0.1, 0.15) is 12.0 Å². The Hall–Kier alpha value is -2.96. The fourth-order valence-corrected chi connectivity index (χ4v) is 2.87. The summed E-state index contributed by atoms with van der Waals surface area (Å²) < 4.78 is 0. The summed E-state index contributed by atoms with van der Waals surface area (Å²) in [5.74, 6) is 0.715. The molecular formula is C16H16N6O. The first kappa shape index (κ1) is 13.7. The van der Waals surface area contributed by atoms with Crippen LogP contribution in [0.25, 0.3) is 11.2 Å². The summed E-state index contributed by atoms with van der Waals surface area (Å²) in [4.78, 5) is 29.9. The van der Waals surface area contributed by atoms with Crippen molar-refractivity contribution >= 4 is 22.9 Å². The maximum Gasteiger partial charge on any atom is 0.245 e. The van der Waals surface area contributed by atoms with Gasteiger partial charge in [0, 0.05) is 13.1 Å². The lowest BCUT2D eigenvalue weighted by molar-refractivity contribution is -0.128. The highest BCUT2D eigenvalue weighted by molar-refractivity contribution is 5.89. The van der Waals surface area contributed by atoms with E-state index in [4.69, 9.17) is 0 Å². The zero-order chi connectivity index (χ0) is 15.6. The Morgan fingerprint density at radius 3 is 2.96 bits per heavy atom. The van der Waals surface area contributed by atoms with E-state index in [0.717, 1.165) is 24.0 Å². The number of rotatable bonds is 4. The first-order valence-corrected chi connectivity index (χ1v) is 7.54. The number of nitrogens with one attached hydrogen (secondary N) is 2. The Labute approximate surface area is 132 Å². The molecule has 1 amide bonds. The number of anilines is 1. The summed E-state index contributed by atoms with van der Waals surface area (Å²) in [6.07, 6.45) is 3.78. The zero-order valence-electron chi connectivity index (χ0n) is 12.4. The van der Waals surface area contributed by atoms with Crippen LogP contribution in [0.3, 0.4) is 0 Å². The molecule has 1 aliphatic heterocycles. The molecule has 1 saturated heterocycles. The molecule has 0 bridgehead atoms. The number of aromatic amines is 1. The van der Waals surface area contributed by atoms with Crippen molar-refractivity contribution in [3.05, 3.63) is 48.5 Å². The van der Waals surface area contributed by atoms with Crippen LogP contribution in [0.15, 0.2) is 43.0 Å². The molecule has 2 N–H and O–H groups in total. The van der Waals surface area contributed by atoms with E-state index in [1.54, 1.807) is 6.33 Å². The van der Waals surface area contributed by atoms with Gasteiger partial charge in [-0.05, 0) is 12.0 Å². The summed E-state index contributed by atoms with van der Waals surface area (Å²) in [6, 6.07) is 9.76. The van der Waals surface area contributed by atoms with Crippen LogP contribution in [0.5, 0.6) is 0 Å². The molecule has 23 heavy (non-hydrogen) atoms. The SMILES string of the molecule is O=C1C(Nc2ncnc3nc[nH]c23)CCN1Cc1ccccc1. The van der Waals surface area contributed by atoms with Crippen LogP contribution < -0.4 is 5.32 Å². The van der Waals surface area contributed by atoms with Crippen molar-refractivity contribution in [2.24, 2.45) is 0 Å². The number of hydrogen-bond donors (Lipinski definition) is 2. The number of aromatic nitrogens is 4. The van der Waals surface area contributed by atoms with Crippen molar-refractivity contribution in [2.75, 3.05) is 11.9 Å². The van der Waals surface area contributed by atoms with Crippen molar-refractivity contribution in [1.82, 2.24) is 24.8 Å². The number of hydrogen-bond acceptors (Lipinski definition) is 5. The van der Waals surface area contributed by atoms with Gasteiger partial charge in [0.05, 0.1) is 6.33 Å². The van der Waals surface area contributed by atoms with E-state index in [-0.39, 0.29) is 11.9 Å². The average Bonchev–Trinajstić information content (AvgIpc) is 3.18. The first-order chi connectivity index (χ1) is 11.3. The second kappa shape index (κ2) is 5.68. The number of likely N-dealkylation sites (tertiary alicyclic amines) is 1. The van der Waals surface area contributed by atoms with Gasteiger partial charge in [-0.15, -0.1) is 0 Å². The summed E-state index contributed by atoms with van der Waals surface area (Å²) in [5, 5.41) is 3.22. The van der Waals surface area contributed by atoms with E-state index < -0.39 is 0 Å². The molecule has 3 aromatic rings. The largest absolute Gasteiger partial charge is 0.356 e. The predicted molar refractivity (Wildman–Crippen MR) is 85.6 cm³/mol. The highest BCUT2D eigenvalue weighted by Gasteiger charge is 2.32.